The molecular formula is C30H46O3. The third-order valence-corrected chi connectivity index (χ3v) is 13.3. The minimum Gasteiger partial charge on any atom is -0.478 e. The summed E-state index contributed by atoms with van der Waals surface area (Å²) in [5.41, 5.74) is 1.25. The van der Waals surface area contributed by atoms with E-state index in [2.05, 4.69) is 48.1 Å². The molecule has 5 saturated carbocycles. The van der Waals surface area contributed by atoms with E-state index in [0.29, 0.717) is 35.0 Å². The first-order chi connectivity index (χ1) is 15.2. The van der Waals surface area contributed by atoms with Crippen LogP contribution < -0.4 is 0 Å². The Kier molecular flexibility index (Phi) is 4.99. The molecule has 0 aromatic heterocycles. The zero-order valence-corrected chi connectivity index (χ0v) is 21.9. The second kappa shape index (κ2) is 6.97. The van der Waals surface area contributed by atoms with Gasteiger partial charge in [-0.2, -0.15) is 0 Å². The summed E-state index contributed by atoms with van der Waals surface area (Å²) in [5.74, 6) is 2.00. The first kappa shape index (κ1) is 23.6. The molecule has 1 N–H and O–H groups in total. The van der Waals surface area contributed by atoms with E-state index in [-0.39, 0.29) is 33.0 Å². The fourth-order valence-corrected chi connectivity index (χ4v) is 11.3. The van der Waals surface area contributed by atoms with Crippen LogP contribution in [0.2, 0.25) is 0 Å². The van der Waals surface area contributed by atoms with Crippen LogP contribution in [0.3, 0.4) is 0 Å². The summed E-state index contributed by atoms with van der Waals surface area (Å²) in [6.07, 6.45) is 11.3. The van der Waals surface area contributed by atoms with Gasteiger partial charge in [-0.1, -0.05) is 48.1 Å². The molecule has 0 unspecified atom stereocenters. The van der Waals surface area contributed by atoms with Crippen molar-refractivity contribution >= 4 is 11.8 Å². The highest BCUT2D eigenvalue weighted by atomic mass is 16.4. The quantitative estimate of drug-likeness (QED) is 0.445. The Bertz CT molecular complexity index is 902. The van der Waals surface area contributed by atoms with Crippen LogP contribution in [0.5, 0.6) is 0 Å². The normalized spacial score (nSPS) is 52.8. The molecule has 0 aromatic rings. The maximum absolute atomic E-state index is 12.9. The second-order valence-electron chi connectivity index (χ2n) is 14.5. The number of Topliss-reactive ketones (excluding diaryl/α,β-unsaturated/α-hetero) is 1. The van der Waals surface area contributed by atoms with E-state index < -0.39 is 5.97 Å². The Morgan fingerprint density at radius 1 is 0.848 bits per heavy atom. The van der Waals surface area contributed by atoms with E-state index >= 15 is 0 Å². The molecule has 0 radical (unpaired) electrons. The molecule has 0 amide bonds. The number of aliphatic carboxylic acids is 1. The Morgan fingerprint density at radius 3 is 2.21 bits per heavy atom. The van der Waals surface area contributed by atoms with Crippen molar-refractivity contribution in [1.82, 2.24) is 0 Å². The molecule has 5 rings (SSSR count). The molecular weight excluding hydrogens is 408 g/mol. The number of ketones is 1. The first-order valence-electron chi connectivity index (χ1n) is 13.7. The summed E-state index contributed by atoms with van der Waals surface area (Å²) >= 11 is 0. The smallest absolute Gasteiger partial charge is 0.331 e. The number of hydrogen-bond donors (Lipinski definition) is 1. The van der Waals surface area contributed by atoms with E-state index in [4.69, 9.17) is 0 Å². The van der Waals surface area contributed by atoms with Crippen molar-refractivity contribution in [2.75, 3.05) is 0 Å². The van der Waals surface area contributed by atoms with Crippen molar-refractivity contribution in [2.24, 2.45) is 56.7 Å². The van der Waals surface area contributed by atoms with Crippen LogP contribution in [0.25, 0.3) is 0 Å². The van der Waals surface area contributed by atoms with Crippen molar-refractivity contribution in [1.29, 1.82) is 0 Å². The van der Waals surface area contributed by atoms with Crippen LogP contribution in [-0.4, -0.2) is 16.9 Å². The molecule has 0 spiro atoms. The number of rotatable bonds is 2. The lowest BCUT2D eigenvalue weighted by Gasteiger charge is -2.72. The lowest BCUT2D eigenvalue weighted by molar-refractivity contribution is -0.232. The van der Waals surface area contributed by atoms with Gasteiger partial charge in [0.25, 0.3) is 0 Å². The van der Waals surface area contributed by atoms with Crippen molar-refractivity contribution < 1.29 is 14.7 Å². The molecule has 184 valence electrons. The number of carboxylic acids is 1. The Morgan fingerprint density at radius 2 is 1.55 bits per heavy atom. The van der Waals surface area contributed by atoms with Crippen molar-refractivity contribution in [3.8, 4) is 0 Å². The van der Waals surface area contributed by atoms with Gasteiger partial charge in [0.1, 0.15) is 5.78 Å². The molecule has 3 nitrogen and oxygen atoms in total. The van der Waals surface area contributed by atoms with E-state index in [1.165, 1.54) is 32.1 Å². The molecule has 0 aliphatic heterocycles. The van der Waals surface area contributed by atoms with E-state index in [1.54, 1.807) is 0 Å². The van der Waals surface area contributed by atoms with Crippen LogP contribution >= 0.6 is 0 Å². The van der Waals surface area contributed by atoms with Gasteiger partial charge in [0.2, 0.25) is 0 Å². The number of hydrogen-bond acceptors (Lipinski definition) is 2. The van der Waals surface area contributed by atoms with Crippen LogP contribution in [0, 0.1) is 56.7 Å². The average molecular weight is 455 g/mol. The van der Waals surface area contributed by atoms with Gasteiger partial charge in [-0.15, -0.1) is 0 Å². The van der Waals surface area contributed by atoms with Gasteiger partial charge >= 0.3 is 5.97 Å². The maximum atomic E-state index is 12.9. The highest BCUT2D eigenvalue weighted by molar-refractivity contribution is 5.86. The summed E-state index contributed by atoms with van der Waals surface area (Å²) in [6.45, 7) is 18.7. The van der Waals surface area contributed by atoms with Crippen LogP contribution in [0.4, 0.5) is 0 Å². The zero-order chi connectivity index (χ0) is 24.2. The SMILES string of the molecule is C=C(C(=O)O)[C@@H]1CC[C@]2(C)CC[C@]3(C)[C@H](CC[C@@H]4[C@@]5(C)CCC(=O)C(C)(C)[C@@H]5CC[C@]43C)[C@@H]12. The van der Waals surface area contributed by atoms with Gasteiger partial charge in [-0.3, -0.25) is 4.79 Å². The number of carboxylic acid groups (broad SMARTS) is 1. The number of carbonyl (C=O) groups is 2. The largest absolute Gasteiger partial charge is 0.478 e. The van der Waals surface area contributed by atoms with Crippen molar-refractivity contribution in [3.63, 3.8) is 0 Å². The summed E-state index contributed by atoms with van der Waals surface area (Å²) in [7, 11) is 0. The summed E-state index contributed by atoms with van der Waals surface area (Å²) in [4.78, 5) is 24.9. The topological polar surface area (TPSA) is 54.4 Å². The lowest BCUT2D eigenvalue weighted by atomic mass is 9.32. The second-order valence-corrected chi connectivity index (χ2v) is 14.5. The molecule has 0 heterocycles. The van der Waals surface area contributed by atoms with Crippen LogP contribution in [0.15, 0.2) is 12.2 Å². The van der Waals surface area contributed by atoms with E-state index in [0.717, 1.165) is 32.1 Å². The van der Waals surface area contributed by atoms with E-state index in [1.807, 2.05) is 0 Å². The fourth-order valence-electron chi connectivity index (χ4n) is 11.3. The highest BCUT2D eigenvalue weighted by Crippen LogP contribution is 2.77. The first-order valence-corrected chi connectivity index (χ1v) is 13.7. The molecule has 0 aromatic carbocycles. The molecule has 9 atom stereocenters. The van der Waals surface area contributed by atoms with Gasteiger partial charge in [-0.25, -0.2) is 4.79 Å². The van der Waals surface area contributed by atoms with Crippen molar-refractivity contribution in [2.45, 2.75) is 106 Å². The fraction of sp³-hybridized carbons (Fsp3) is 0.867. The number of fused-ring (bicyclic) bond motifs is 7. The predicted octanol–water partition coefficient (Wildman–Crippen LogP) is 7.30. The molecule has 3 heteroatoms. The Hall–Kier alpha value is -1.12. The standard InChI is InChI=1S/C30H46O3/c1-18(25(32)33)19-10-13-27(4)16-17-29(6)20(24(19)27)8-9-22-28(5)14-12-23(31)26(2,3)21(28)11-15-30(22,29)7/h19-22,24H,1,8-17H2,2-7H3,(H,32,33)/t19-,20+,21-,22+,24+,27+,28-,29+,30+/m0/s1. The van der Waals surface area contributed by atoms with Gasteiger partial charge in [0, 0.05) is 17.4 Å². The number of carbonyl (C=O) groups excluding carboxylic acids is 1. The Balaban J connectivity index is 1.54. The third-order valence-electron chi connectivity index (χ3n) is 13.3. The van der Waals surface area contributed by atoms with Crippen LogP contribution in [0.1, 0.15) is 106 Å². The molecule has 5 aliphatic carbocycles. The average Bonchev–Trinajstić information content (AvgIpc) is 3.08. The molecule has 0 saturated heterocycles. The molecule has 33 heavy (non-hydrogen) atoms. The summed E-state index contributed by atoms with van der Waals surface area (Å²) < 4.78 is 0. The van der Waals surface area contributed by atoms with Gasteiger partial charge < -0.3 is 5.11 Å². The van der Waals surface area contributed by atoms with E-state index in [9.17, 15) is 14.7 Å². The minimum atomic E-state index is -0.793. The van der Waals surface area contributed by atoms with Gasteiger partial charge in [0.15, 0.2) is 0 Å². The lowest BCUT2D eigenvalue weighted by Crippen LogP contribution is -2.66. The highest BCUT2D eigenvalue weighted by Gasteiger charge is 2.70. The van der Waals surface area contributed by atoms with Gasteiger partial charge in [0.05, 0.1) is 0 Å². The predicted molar refractivity (Wildman–Crippen MR) is 132 cm³/mol. The third kappa shape index (κ3) is 2.80. The van der Waals surface area contributed by atoms with Crippen molar-refractivity contribution in [3.05, 3.63) is 12.2 Å². The summed E-state index contributed by atoms with van der Waals surface area (Å²) in [6, 6.07) is 0. The van der Waals surface area contributed by atoms with Crippen LogP contribution in [-0.2, 0) is 9.59 Å². The summed E-state index contributed by atoms with van der Waals surface area (Å²) in [5, 5.41) is 9.82. The zero-order valence-electron chi connectivity index (χ0n) is 21.9. The monoisotopic (exact) mass is 454 g/mol. The minimum absolute atomic E-state index is 0.135. The molecule has 0 bridgehead atoms. The van der Waals surface area contributed by atoms with Gasteiger partial charge in [-0.05, 0) is 109 Å². The maximum Gasteiger partial charge on any atom is 0.331 e. The molecule has 5 fully saturated rings. The Labute approximate surface area is 201 Å². The molecule has 5 aliphatic rings.